The Hall–Kier alpha value is -0.890. The van der Waals surface area contributed by atoms with Gasteiger partial charge in [0.25, 0.3) is 0 Å². The molecule has 0 amide bonds. The van der Waals surface area contributed by atoms with Gasteiger partial charge < -0.3 is 15.5 Å². The average molecular weight is 450 g/mol. The van der Waals surface area contributed by atoms with E-state index in [1.54, 1.807) is 19.2 Å². The molecule has 0 radical (unpaired) electrons. The van der Waals surface area contributed by atoms with Crippen LogP contribution in [0.1, 0.15) is 33.3 Å². The predicted octanol–water partition coefficient (Wildman–Crippen LogP) is 3.23. The molecule has 1 aromatic carbocycles. The van der Waals surface area contributed by atoms with E-state index in [0.717, 1.165) is 37.7 Å². The lowest BCUT2D eigenvalue weighted by molar-refractivity contribution is 0.308. The van der Waals surface area contributed by atoms with Crippen LogP contribution >= 0.6 is 24.0 Å². The molecule has 0 aliphatic heterocycles. The number of rotatable bonds is 8. The molecular formula is C18H32FIN4. The summed E-state index contributed by atoms with van der Waals surface area (Å²) in [6.45, 7) is 13.1. The molecule has 0 spiro atoms. The van der Waals surface area contributed by atoms with E-state index in [9.17, 15) is 4.39 Å². The number of guanidine groups is 1. The fraction of sp³-hybridized carbons (Fsp3) is 0.611. The van der Waals surface area contributed by atoms with Gasteiger partial charge in [0, 0.05) is 32.1 Å². The largest absolute Gasteiger partial charge is 0.356 e. The van der Waals surface area contributed by atoms with Gasteiger partial charge in [-0.25, -0.2) is 4.39 Å². The molecule has 2 N–H and O–H groups in total. The van der Waals surface area contributed by atoms with E-state index in [1.807, 2.05) is 6.07 Å². The van der Waals surface area contributed by atoms with E-state index in [0.29, 0.717) is 6.54 Å². The van der Waals surface area contributed by atoms with Gasteiger partial charge in [0.05, 0.1) is 0 Å². The highest BCUT2D eigenvalue weighted by atomic mass is 127. The van der Waals surface area contributed by atoms with E-state index >= 15 is 0 Å². The molecule has 1 rings (SSSR count). The molecule has 0 saturated carbocycles. The Morgan fingerprint density at radius 2 is 1.88 bits per heavy atom. The minimum absolute atomic E-state index is 0. The zero-order valence-electron chi connectivity index (χ0n) is 15.5. The van der Waals surface area contributed by atoms with Crippen LogP contribution in [-0.4, -0.2) is 50.6 Å². The maximum atomic E-state index is 13.4. The van der Waals surface area contributed by atoms with Gasteiger partial charge in [-0.15, -0.1) is 24.0 Å². The molecule has 0 unspecified atom stereocenters. The van der Waals surface area contributed by atoms with Gasteiger partial charge in [-0.2, -0.15) is 0 Å². The Morgan fingerprint density at radius 1 is 1.21 bits per heavy atom. The smallest absolute Gasteiger partial charge is 0.191 e. The summed E-state index contributed by atoms with van der Waals surface area (Å²) in [4.78, 5) is 6.61. The zero-order chi connectivity index (χ0) is 17.3. The van der Waals surface area contributed by atoms with Gasteiger partial charge in [-0.1, -0.05) is 39.8 Å². The van der Waals surface area contributed by atoms with Crippen LogP contribution in [0.25, 0.3) is 0 Å². The summed E-state index contributed by atoms with van der Waals surface area (Å²) in [6.07, 6.45) is 0. The molecule has 24 heavy (non-hydrogen) atoms. The molecule has 0 bridgehead atoms. The molecular weight excluding hydrogens is 418 g/mol. The van der Waals surface area contributed by atoms with Gasteiger partial charge in [-0.05, 0) is 30.8 Å². The quantitative estimate of drug-likeness (QED) is 0.363. The molecule has 0 atom stereocenters. The molecule has 1 aromatic rings. The summed E-state index contributed by atoms with van der Waals surface area (Å²) >= 11 is 0. The van der Waals surface area contributed by atoms with E-state index in [4.69, 9.17) is 0 Å². The first-order valence-electron chi connectivity index (χ1n) is 8.35. The molecule has 0 heterocycles. The molecule has 6 heteroatoms. The SMILES string of the molecule is CCN(CC)CCNC(=NC)NCC(C)(C)c1cccc(F)c1.I. The second-order valence-electron chi connectivity index (χ2n) is 6.27. The highest BCUT2D eigenvalue weighted by Gasteiger charge is 2.21. The lowest BCUT2D eigenvalue weighted by Gasteiger charge is -2.27. The number of benzene rings is 1. The number of halogens is 2. The van der Waals surface area contributed by atoms with E-state index in [-0.39, 0.29) is 35.2 Å². The first kappa shape index (κ1) is 23.1. The Bertz CT molecular complexity index is 502. The van der Waals surface area contributed by atoms with Crippen molar-refractivity contribution in [3.05, 3.63) is 35.6 Å². The maximum Gasteiger partial charge on any atom is 0.191 e. The second kappa shape index (κ2) is 11.6. The third kappa shape index (κ3) is 7.79. The number of nitrogens with zero attached hydrogens (tertiary/aromatic N) is 2. The third-order valence-electron chi connectivity index (χ3n) is 4.14. The van der Waals surface area contributed by atoms with Crippen molar-refractivity contribution < 1.29 is 4.39 Å². The maximum absolute atomic E-state index is 13.4. The normalized spacial score (nSPS) is 12.0. The highest BCUT2D eigenvalue weighted by molar-refractivity contribution is 14.0. The molecule has 0 aliphatic carbocycles. The molecule has 0 aromatic heterocycles. The predicted molar refractivity (Wildman–Crippen MR) is 112 cm³/mol. The number of hydrogen-bond acceptors (Lipinski definition) is 2. The molecule has 0 aliphatic rings. The summed E-state index contributed by atoms with van der Waals surface area (Å²) in [5.41, 5.74) is 0.794. The van der Waals surface area contributed by atoms with Gasteiger partial charge in [-0.3, -0.25) is 4.99 Å². The van der Waals surface area contributed by atoms with E-state index < -0.39 is 0 Å². The summed E-state index contributed by atoms with van der Waals surface area (Å²) in [7, 11) is 1.77. The van der Waals surface area contributed by atoms with Crippen LogP contribution in [0.4, 0.5) is 4.39 Å². The van der Waals surface area contributed by atoms with E-state index in [1.165, 1.54) is 6.07 Å². The minimum Gasteiger partial charge on any atom is -0.356 e. The van der Waals surface area contributed by atoms with Crippen molar-refractivity contribution in [2.75, 3.05) is 39.8 Å². The topological polar surface area (TPSA) is 39.7 Å². The molecule has 0 fully saturated rings. The molecule has 0 saturated heterocycles. The first-order chi connectivity index (χ1) is 10.9. The summed E-state index contributed by atoms with van der Waals surface area (Å²) in [6, 6.07) is 6.78. The lowest BCUT2D eigenvalue weighted by atomic mass is 9.84. The lowest BCUT2D eigenvalue weighted by Crippen LogP contribution is -2.45. The van der Waals surface area contributed by atoms with Crippen LogP contribution in [0, 0.1) is 5.82 Å². The highest BCUT2D eigenvalue weighted by Crippen LogP contribution is 2.22. The molecule has 138 valence electrons. The fourth-order valence-corrected chi connectivity index (χ4v) is 2.41. The van der Waals surface area contributed by atoms with Crippen LogP contribution in [0.15, 0.2) is 29.3 Å². The van der Waals surface area contributed by atoms with Crippen LogP contribution in [0.3, 0.4) is 0 Å². The number of aliphatic imine (C=N–C) groups is 1. The van der Waals surface area contributed by atoms with Crippen LogP contribution in [0.2, 0.25) is 0 Å². The second-order valence-corrected chi connectivity index (χ2v) is 6.27. The Kier molecular flexibility index (Phi) is 11.2. The van der Waals surface area contributed by atoms with Crippen molar-refractivity contribution in [3.63, 3.8) is 0 Å². The van der Waals surface area contributed by atoms with Gasteiger partial charge in [0.2, 0.25) is 0 Å². The van der Waals surface area contributed by atoms with Crippen molar-refractivity contribution in [1.82, 2.24) is 15.5 Å². The summed E-state index contributed by atoms with van der Waals surface area (Å²) in [5.74, 6) is 0.582. The van der Waals surface area contributed by atoms with Gasteiger partial charge >= 0.3 is 0 Å². The third-order valence-corrected chi connectivity index (χ3v) is 4.14. The van der Waals surface area contributed by atoms with Crippen molar-refractivity contribution in [2.24, 2.45) is 4.99 Å². The van der Waals surface area contributed by atoms with Crippen molar-refractivity contribution in [1.29, 1.82) is 0 Å². The van der Waals surface area contributed by atoms with Gasteiger partial charge in [0.15, 0.2) is 5.96 Å². The zero-order valence-corrected chi connectivity index (χ0v) is 17.9. The summed E-state index contributed by atoms with van der Waals surface area (Å²) in [5, 5.41) is 6.66. The monoisotopic (exact) mass is 450 g/mol. The number of hydrogen-bond donors (Lipinski definition) is 2. The van der Waals surface area contributed by atoms with E-state index in [2.05, 4.69) is 48.2 Å². The Morgan fingerprint density at radius 3 is 2.42 bits per heavy atom. The van der Waals surface area contributed by atoms with Crippen LogP contribution < -0.4 is 10.6 Å². The number of nitrogens with one attached hydrogen (secondary N) is 2. The Labute approximate surface area is 163 Å². The average Bonchev–Trinajstić information content (AvgIpc) is 2.54. The fourth-order valence-electron chi connectivity index (χ4n) is 2.41. The van der Waals surface area contributed by atoms with Crippen molar-refractivity contribution in [3.8, 4) is 0 Å². The first-order valence-corrected chi connectivity index (χ1v) is 8.35. The van der Waals surface area contributed by atoms with Crippen LogP contribution in [0.5, 0.6) is 0 Å². The molecule has 4 nitrogen and oxygen atoms in total. The standard InChI is InChI=1S/C18H31FN4.HI/c1-6-23(7-2)12-11-21-17(20-5)22-14-18(3,4)15-9-8-10-16(19)13-15;/h8-10,13H,6-7,11-12,14H2,1-5H3,(H2,20,21,22);1H. The van der Waals surface area contributed by atoms with Crippen molar-refractivity contribution >= 4 is 29.9 Å². The Balaban J connectivity index is 0.00000529. The van der Waals surface area contributed by atoms with Crippen molar-refractivity contribution in [2.45, 2.75) is 33.1 Å². The number of likely N-dealkylation sites (N-methyl/N-ethyl adjacent to an activating group) is 1. The minimum atomic E-state index is -0.197. The summed E-state index contributed by atoms with van der Waals surface area (Å²) < 4.78 is 13.4. The van der Waals surface area contributed by atoms with Crippen LogP contribution in [-0.2, 0) is 5.41 Å². The van der Waals surface area contributed by atoms with Gasteiger partial charge in [0.1, 0.15) is 5.82 Å².